The predicted molar refractivity (Wildman–Crippen MR) is 61.3 cm³/mol. The third-order valence-corrected chi connectivity index (χ3v) is 2.40. The Labute approximate surface area is 90.3 Å². The van der Waals surface area contributed by atoms with Crippen LogP contribution >= 0.6 is 11.6 Å². The van der Waals surface area contributed by atoms with Crippen LogP contribution in [0.4, 0.5) is 0 Å². The molecule has 0 amide bonds. The first-order chi connectivity index (χ1) is 6.65. The molecular formula is C12H15ClO. The van der Waals surface area contributed by atoms with E-state index in [0.717, 1.165) is 22.4 Å². The maximum absolute atomic E-state index is 5.64. The van der Waals surface area contributed by atoms with Gasteiger partial charge in [-0.25, -0.2) is 0 Å². The van der Waals surface area contributed by atoms with Gasteiger partial charge < -0.3 is 4.74 Å². The van der Waals surface area contributed by atoms with Gasteiger partial charge in [0.2, 0.25) is 0 Å². The van der Waals surface area contributed by atoms with Crippen LogP contribution in [0.5, 0.6) is 5.75 Å². The zero-order valence-corrected chi connectivity index (χ0v) is 9.40. The monoisotopic (exact) mass is 210 g/mol. The lowest BCUT2D eigenvalue weighted by molar-refractivity contribution is 0.348. The van der Waals surface area contributed by atoms with E-state index in [1.807, 2.05) is 32.0 Å². The van der Waals surface area contributed by atoms with Crippen LogP contribution in [0.2, 0.25) is 0 Å². The maximum atomic E-state index is 5.64. The third-order valence-electron chi connectivity index (χ3n) is 2.02. The molecule has 0 aromatic heterocycles. The van der Waals surface area contributed by atoms with Crippen LogP contribution in [-0.4, -0.2) is 12.5 Å². The first-order valence-corrected chi connectivity index (χ1v) is 5.10. The molecule has 76 valence electrons. The Morgan fingerprint density at radius 2 is 1.93 bits per heavy atom. The third kappa shape index (κ3) is 2.78. The molecule has 0 fully saturated rings. The van der Waals surface area contributed by atoms with Crippen LogP contribution in [-0.2, 0) is 0 Å². The van der Waals surface area contributed by atoms with Crippen LogP contribution in [0.15, 0.2) is 30.4 Å². The number of alkyl halides is 1. The fourth-order valence-electron chi connectivity index (χ4n) is 1.24. The van der Waals surface area contributed by atoms with Crippen LogP contribution in [0, 0.1) is 13.8 Å². The summed E-state index contributed by atoms with van der Waals surface area (Å²) in [5.74, 6) is 1.39. The molecule has 1 rings (SSSR count). The highest BCUT2D eigenvalue weighted by atomic mass is 35.5. The molecule has 0 spiro atoms. The van der Waals surface area contributed by atoms with E-state index in [0.29, 0.717) is 12.5 Å². The predicted octanol–water partition coefficient (Wildman–Crippen LogP) is 3.48. The van der Waals surface area contributed by atoms with Gasteiger partial charge in [0.1, 0.15) is 12.4 Å². The molecule has 0 heterocycles. The minimum atomic E-state index is 0.449. The van der Waals surface area contributed by atoms with E-state index in [1.54, 1.807) is 0 Å². The van der Waals surface area contributed by atoms with Crippen molar-refractivity contribution in [2.24, 2.45) is 0 Å². The van der Waals surface area contributed by atoms with Gasteiger partial charge in [0.25, 0.3) is 0 Å². The SMILES string of the molecule is C=C(CCl)COc1c(C)cccc1C. The smallest absolute Gasteiger partial charge is 0.125 e. The minimum absolute atomic E-state index is 0.449. The van der Waals surface area contributed by atoms with Gasteiger partial charge in [-0.3, -0.25) is 0 Å². The summed E-state index contributed by atoms with van der Waals surface area (Å²) in [6, 6.07) is 6.09. The zero-order valence-electron chi connectivity index (χ0n) is 8.64. The molecule has 2 heteroatoms. The Balaban J connectivity index is 2.71. The van der Waals surface area contributed by atoms with Crippen LogP contribution in [0.3, 0.4) is 0 Å². The van der Waals surface area contributed by atoms with E-state index >= 15 is 0 Å². The Bertz CT molecular complexity index is 311. The molecule has 1 aromatic rings. The summed E-state index contributed by atoms with van der Waals surface area (Å²) in [7, 11) is 0. The van der Waals surface area contributed by atoms with Gasteiger partial charge in [-0.2, -0.15) is 0 Å². The fourth-order valence-corrected chi connectivity index (χ4v) is 1.32. The van der Waals surface area contributed by atoms with Crippen molar-refractivity contribution in [1.82, 2.24) is 0 Å². The highest BCUT2D eigenvalue weighted by Gasteiger charge is 2.03. The second-order valence-electron chi connectivity index (χ2n) is 3.39. The summed E-state index contributed by atoms with van der Waals surface area (Å²) < 4.78 is 5.64. The molecule has 0 atom stereocenters. The second kappa shape index (κ2) is 5.06. The van der Waals surface area contributed by atoms with Crippen molar-refractivity contribution in [2.45, 2.75) is 13.8 Å². The Kier molecular flexibility index (Phi) is 4.02. The van der Waals surface area contributed by atoms with E-state index in [-0.39, 0.29) is 0 Å². The molecule has 0 unspecified atom stereocenters. The lowest BCUT2D eigenvalue weighted by Crippen LogP contribution is -2.03. The van der Waals surface area contributed by atoms with Gasteiger partial charge in [0.15, 0.2) is 0 Å². The highest BCUT2D eigenvalue weighted by molar-refractivity contribution is 6.19. The summed E-state index contributed by atoms with van der Waals surface area (Å²) in [5, 5.41) is 0. The number of ether oxygens (including phenoxy) is 1. The molecule has 0 bridgehead atoms. The molecule has 0 saturated carbocycles. The number of benzene rings is 1. The molecule has 0 saturated heterocycles. The molecule has 1 aromatic carbocycles. The first kappa shape index (κ1) is 11.1. The summed E-state index contributed by atoms with van der Waals surface area (Å²) in [4.78, 5) is 0. The standard InChI is InChI=1S/C12H15ClO/c1-9(7-13)8-14-12-10(2)5-4-6-11(12)3/h4-6H,1,7-8H2,2-3H3. The number of hydrogen-bond acceptors (Lipinski definition) is 1. The van der Waals surface area contributed by atoms with Crippen LogP contribution in [0.25, 0.3) is 0 Å². The van der Waals surface area contributed by atoms with E-state index in [4.69, 9.17) is 16.3 Å². The lowest BCUT2D eigenvalue weighted by atomic mass is 10.1. The van der Waals surface area contributed by atoms with Gasteiger partial charge in [0.05, 0.1) is 0 Å². The second-order valence-corrected chi connectivity index (χ2v) is 3.66. The van der Waals surface area contributed by atoms with Crippen LogP contribution < -0.4 is 4.74 Å². The summed E-state index contributed by atoms with van der Waals surface area (Å²) in [6.45, 7) is 8.35. The first-order valence-electron chi connectivity index (χ1n) is 4.56. The van der Waals surface area contributed by atoms with Gasteiger partial charge in [-0.15, -0.1) is 11.6 Å². The zero-order chi connectivity index (χ0) is 10.6. The molecule has 1 nitrogen and oxygen atoms in total. The number of para-hydroxylation sites is 1. The Morgan fingerprint density at radius 3 is 2.43 bits per heavy atom. The van der Waals surface area contributed by atoms with Gasteiger partial charge >= 0.3 is 0 Å². The van der Waals surface area contributed by atoms with E-state index in [9.17, 15) is 0 Å². The lowest BCUT2D eigenvalue weighted by Gasteiger charge is -2.11. The summed E-state index contributed by atoms with van der Waals surface area (Å²) in [6.07, 6.45) is 0. The molecule has 0 radical (unpaired) electrons. The van der Waals surface area contributed by atoms with E-state index in [2.05, 4.69) is 6.58 Å². The Morgan fingerprint density at radius 1 is 1.36 bits per heavy atom. The maximum Gasteiger partial charge on any atom is 0.125 e. The average Bonchev–Trinajstić information content (AvgIpc) is 2.16. The molecule has 0 aliphatic carbocycles. The number of hydrogen-bond donors (Lipinski definition) is 0. The summed E-state index contributed by atoms with van der Waals surface area (Å²) in [5.41, 5.74) is 3.19. The Hall–Kier alpha value is -0.950. The van der Waals surface area contributed by atoms with Crippen molar-refractivity contribution < 1.29 is 4.74 Å². The van der Waals surface area contributed by atoms with Gasteiger partial charge in [-0.05, 0) is 30.5 Å². The number of rotatable bonds is 4. The van der Waals surface area contributed by atoms with E-state index in [1.165, 1.54) is 0 Å². The minimum Gasteiger partial charge on any atom is -0.489 e. The van der Waals surface area contributed by atoms with Gasteiger partial charge in [0, 0.05) is 5.88 Å². The number of aryl methyl sites for hydroxylation is 2. The van der Waals surface area contributed by atoms with Gasteiger partial charge in [-0.1, -0.05) is 24.8 Å². The van der Waals surface area contributed by atoms with E-state index < -0.39 is 0 Å². The molecule has 0 aliphatic heterocycles. The topological polar surface area (TPSA) is 9.23 Å². The van der Waals surface area contributed by atoms with Crippen molar-refractivity contribution in [1.29, 1.82) is 0 Å². The van der Waals surface area contributed by atoms with Crippen molar-refractivity contribution in [3.8, 4) is 5.75 Å². The van der Waals surface area contributed by atoms with Crippen LogP contribution in [0.1, 0.15) is 11.1 Å². The van der Waals surface area contributed by atoms with Crippen molar-refractivity contribution in [3.05, 3.63) is 41.5 Å². The highest BCUT2D eigenvalue weighted by Crippen LogP contribution is 2.22. The fraction of sp³-hybridized carbons (Fsp3) is 0.333. The van der Waals surface area contributed by atoms with Crippen molar-refractivity contribution in [2.75, 3.05) is 12.5 Å². The largest absolute Gasteiger partial charge is 0.489 e. The number of halogens is 1. The molecule has 0 N–H and O–H groups in total. The average molecular weight is 211 g/mol. The molecule has 14 heavy (non-hydrogen) atoms. The summed E-state index contributed by atoms with van der Waals surface area (Å²) >= 11 is 5.62. The molecular weight excluding hydrogens is 196 g/mol. The van der Waals surface area contributed by atoms with Crippen molar-refractivity contribution in [3.63, 3.8) is 0 Å². The van der Waals surface area contributed by atoms with Crippen molar-refractivity contribution >= 4 is 11.6 Å². The quantitative estimate of drug-likeness (QED) is 0.546. The normalized spacial score (nSPS) is 9.93. The molecule has 0 aliphatic rings.